The van der Waals surface area contributed by atoms with Crippen LogP contribution in [0.3, 0.4) is 0 Å². The molecule has 0 radical (unpaired) electrons. The van der Waals surface area contributed by atoms with Crippen molar-refractivity contribution in [1.82, 2.24) is 20.3 Å². The van der Waals surface area contributed by atoms with Gasteiger partial charge in [-0.3, -0.25) is 9.78 Å². The summed E-state index contributed by atoms with van der Waals surface area (Å²) in [5.41, 5.74) is 5.24. The number of aromatic amines is 1. The molecular weight excluding hydrogens is 364 g/mol. The van der Waals surface area contributed by atoms with Crippen LogP contribution in [0.4, 0.5) is 0 Å². The summed E-state index contributed by atoms with van der Waals surface area (Å²) in [6.07, 6.45) is 4.34. The highest BCUT2D eigenvalue weighted by Gasteiger charge is 2.23. The lowest BCUT2D eigenvalue weighted by atomic mass is 10.00. The van der Waals surface area contributed by atoms with Crippen LogP contribution in [-0.2, 0) is 0 Å². The quantitative estimate of drug-likeness (QED) is 0.555. The zero-order valence-corrected chi connectivity index (χ0v) is 16.0. The summed E-state index contributed by atoms with van der Waals surface area (Å²) in [6, 6.07) is 15.3. The Morgan fingerprint density at radius 2 is 2.07 bits per heavy atom. The second kappa shape index (κ2) is 7.05. The number of para-hydroxylation sites is 1. The Labute approximate surface area is 168 Å². The number of benzene rings is 2. The van der Waals surface area contributed by atoms with E-state index >= 15 is 0 Å². The maximum absolute atomic E-state index is 12.9. The van der Waals surface area contributed by atoms with Gasteiger partial charge in [0.25, 0.3) is 5.91 Å². The van der Waals surface area contributed by atoms with Gasteiger partial charge in [0.1, 0.15) is 11.6 Å². The standard InChI is InChI=1S/C23H20N4O2/c1-14-10-16(13-24-12-14)22-25-19-7-6-15(11-20(19)26-22)23(28)27-18-8-9-29-21-5-3-2-4-17(18)21/h2-7,10-13,18H,8-9H2,1H3,(H,25,26)(H,27,28). The van der Waals surface area contributed by atoms with Gasteiger partial charge in [0, 0.05) is 35.5 Å². The molecule has 0 aliphatic carbocycles. The van der Waals surface area contributed by atoms with Crippen molar-refractivity contribution in [3.05, 3.63) is 77.6 Å². The first-order chi connectivity index (χ1) is 14.2. The van der Waals surface area contributed by atoms with Crippen molar-refractivity contribution in [3.63, 3.8) is 0 Å². The number of imidazole rings is 1. The Morgan fingerprint density at radius 1 is 1.17 bits per heavy atom. The van der Waals surface area contributed by atoms with E-state index in [0.29, 0.717) is 12.2 Å². The van der Waals surface area contributed by atoms with Crippen LogP contribution in [0, 0.1) is 6.92 Å². The van der Waals surface area contributed by atoms with E-state index in [9.17, 15) is 4.79 Å². The monoisotopic (exact) mass is 384 g/mol. The lowest BCUT2D eigenvalue weighted by molar-refractivity contribution is 0.0925. The number of hydrogen-bond donors (Lipinski definition) is 2. The predicted octanol–water partition coefficient (Wildman–Crippen LogP) is 4.19. The number of amides is 1. The third kappa shape index (κ3) is 3.33. The van der Waals surface area contributed by atoms with Crippen LogP contribution in [0.1, 0.15) is 33.9 Å². The zero-order valence-electron chi connectivity index (χ0n) is 16.0. The fourth-order valence-corrected chi connectivity index (χ4v) is 3.71. The van der Waals surface area contributed by atoms with Gasteiger partial charge in [-0.15, -0.1) is 0 Å². The van der Waals surface area contributed by atoms with Gasteiger partial charge in [0.15, 0.2) is 0 Å². The summed E-state index contributed by atoms with van der Waals surface area (Å²) < 4.78 is 5.68. The normalized spacial score (nSPS) is 15.6. The van der Waals surface area contributed by atoms with Gasteiger partial charge in [-0.25, -0.2) is 4.98 Å². The minimum atomic E-state index is -0.109. The van der Waals surface area contributed by atoms with Crippen LogP contribution in [0.25, 0.3) is 22.4 Å². The molecule has 29 heavy (non-hydrogen) atoms. The Balaban J connectivity index is 1.41. The highest BCUT2D eigenvalue weighted by Crippen LogP contribution is 2.31. The van der Waals surface area contributed by atoms with Crippen molar-refractivity contribution in [2.24, 2.45) is 0 Å². The van der Waals surface area contributed by atoms with Crippen LogP contribution in [0.15, 0.2) is 60.9 Å². The molecule has 0 fully saturated rings. The number of H-pyrrole nitrogens is 1. The predicted molar refractivity (Wildman–Crippen MR) is 111 cm³/mol. The van der Waals surface area contributed by atoms with Crippen molar-refractivity contribution >= 4 is 16.9 Å². The van der Waals surface area contributed by atoms with E-state index in [-0.39, 0.29) is 11.9 Å². The van der Waals surface area contributed by atoms with E-state index < -0.39 is 0 Å². The third-order valence-electron chi connectivity index (χ3n) is 5.16. The Kier molecular flexibility index (Phi) is 4.24. The molecule has 144 valence electrons. The molecule has 5 rings (SSSR count). The summed E-state index contributed by atoms with van der Waals surface area (Å²) in [5, 5.41) is 3.14. The molecule has 0 saturated heterocycles. The second-order valence-corrected chi connectivity index (χ2v) is 7.27. The molecule has 6 heteroatoms. The van der Waals surface area contributed by atoms with E-state index in [1.54, 1.807) is 6.20 Å². The number of nitrogens with one attached hydrogen (secondary N) is 2. The van der Waals surface area contributed by atoms with Crippen LogP contribution >= 0.6 is 0 Å². The molecule has 1 amide bonds. The van der Waals surface area contributed by atoms with Gasteiger partial charge >= 0.3 is 0 Å². The number of hydrogen-bond acceptors (Lipinski definition) is 4. The first-order valence-corrected chi connectivity index (χ1v) is 9.62. The van der Waals surface area contributed by atoms with Gasteiger partial charge in [-0.1, -0.05) is 18.2 Å². The Bertz CT molecular complexity index is 1210. The Morgan fingerprint density at radius 3 is 2.97 bits per heavy atom. The average molecular weight is 384 g/mol. The lowest BCUT2D eigenvalue weighted by Gasteiger charge is -2.26. The molecule has 1 atom stereocenters. The van der Waals surface area contributed by atoms with E-state index in [2.05, 4.69) is 20.3 Å². The minimum absolute atomic E-state index is 0.0566. The fraction of sp³-hybridized carbons (Fsp3) is 0.174. The molecule has 0 saturated carbocycles. The molecule has 3 heterocycles. The smallest absolute Gasteiger partial charge is 0.251 e. The summed E-state index contributed by atoms with van der Waals surface area (Å²) in [7, 11) is 0. The van der Waals surface area contributed by atoms with Crippen LogP contribution in [0.5, 0.6) is 5.75 Å². The molecule has 2 aromatic carbocycles. The molecule has 6 nitrogen and oxygen atoms in total. The van der Waals surface area contributed by atoms with Gasteiger partial charge < -0.3 is 15.0 Å². The lowest BCUT2D eigenvalue weighted by Crippen LogP contribution is -2.32. The minimum Gasteiger partial charge on any atom is -0.493 e. The number of aryl methyl sites for hydroxylation is 1. The van der Waals surface area contributed by atoms with Gasteiger partial charge in [0.2, 0.25) is 0 Å². The largest absolute Gasteiger partial charge is 0.493 e. The Hall–Kier alpha value is -3.67. The number of aromatic nitrogens is 3. The van der Waals surface area contributed by atoms with E-state index in [4.69, 9.17) is 4.74 Å². The summed E-state index contributed by atoms with van der Waals surface area (Å²) in [5.74, 6) is 1.47. The molecule has 0 bridgehead atoms. The van der Waals surface area contributed by atoms with Gasteiger partial charge in [0.05, 0.1) is 23.7 Å². The third-order valence-corrected chi connectivity index (χ3v) is 5.16. The van der Waals surface area contributed by atoms with Crippen molar-refractivity contribution in [2.75, 3.05) is 6.61 Å². The van der Waals surface area contributed by atoms with Crippen molar-refractivity contribution < 1.29 is 9.53 Å². The van der Waals surface area contributed by atoms with Gasteiger partial charge in [-0.2, -0.15) is 0 Å². The fourth-order valence-electron chi connectivity index (χ4n) is 3.71. The molecule has 4 aromatic rings. The van der Waals surface area contributed by atoms with E-state index in [1.165, 1.54) is 0 Å². The summed E-state index contributed by atoms with van der Waals surface area (Å²) in [4.78, 5) is 25.0. The van der Waals surface area contributed by atoms with Gasteiger partial charge in [-0.05, 0) is 42.8 Å². The first kappa shape index (κ1) is 17.4. The van der Waals surface area contributed by atoms with E-state index in [1.807, 2.05) is 61.7 Å². The first-order valence-electron chi connectivity index (χ1n) is 9.62. The van der Waals surface area contributed by atoms with Crippen LogP contribution < -0.4 is 10.1 Å². The molecule has 1 aliphatic rings. The highest BCUT2D eigenvalue weighted by molar-refractivity contribution is 5.98. The zero-order chi connectivity index (χ0) is 19.8. The van der Waals surface area contributed by atoms with Crippen molar-refractivity contribution in [2.45, 2.75) is 19.4 Å². The molecule has 0 spiro atoms. The molecule has 1 aliphatic heterocycles. The maximum atomic E-state index is 12.9. The maximum Gasteiger partial charge on any atom is 0.251 e. The molecule has 2 aromatic heterocycles. The number of pyridine rings is 1. The number of carbonyl (C=O) groups excluding carboxylic acids is 1. The topological polar surface area (TPSA) is 79.9 Å². The highest BCUT2D eigenvalue weighted by atomic mass is 16.5. The van der Waals surface area contributed by atoms with Crippen molar-refractivity contribution in [1.29, 1.82) is 0 Å². The number of carbonyl (C=O) groups is 1. The van der Waals surface area contributed by atoms with Crippen LogP contribution in [0.2, 0.25) is 0 Å². The number of nitrogens with zero attached hydrogens (tertiary/aromatic N) is 2. The molecule has 2 N–H and O–H groups in total. The van der Waals surface area contributed by atoms with Crippen LogP contribution in [-0.4, -0.2) is 27.5 Å². The molecule has 1 unspecified atom stereocenters. The molecular formula is C23H20N4O2. The van der Waals surface area contributed by atoms with E-state index in [0.717, 1.165) is 45.7 Å². The summed E-state index contributed by atoms with van der Waals surface area (Å²) in [6.45, 7) is 2.59. The second-order valence-electron chi connectivity index (χ2n) is 7.27. The average Bonchev–Trinajstić information content (AvgIpc) is 3.17. The van der Waals surface area contributed by atoms with Crippen molar-refractivity contribution in [3.8, 4) is 17.1 Å². The summed E-state index contributed by atoms with van der Waals surface area (Å²) >= 11 is 0. The number of rotatable bonds is 3. The SMILES string of the molecule is Cc1cncc(-c2nc3ccc(C(=O)NC4CCOc5ccccc54)cc3[nH]2)c1. The number of ether oxygens (including phenoxy) is 1. The number of fused-ring (bicyclic) bond motifs is 2.